The molecular formula is C28H20N4O2. The molecule has 0 unspecified atom stereocenters. The third-order valence-electron chi connectivity index (χ3n) is 6.18. The first kappa shape index (κ1) is 19.9. The Kier molecular flexibility index (Phi) is 4.52. The second-order valence-electron chi connectivity index (χ2n) is 8.32. The maximum Gasteiger partial charge on any atom is 0.283 e. The third kappa shape index (κ3) is 3.08. The molecule has 3 aromatic carbocycles. The Labute approximate surface area is 195 Å². The van der Waals surface area contributed by atoms with Gasteiger partial charge >= 0.3 is 0 Å². The monoisotopic (exact) mass is 444 g/mol. The van der Waals surface area contributed by atoms with Gasteiger partial charge in [0.15, 0.2) is 0 Å². The Bertz CT molecular complexity index is 1550. The normalized spacial score (nSPS) is 14.4. The number of imide groups is 1. The van der Waals surface area contributed by atoms with Crippen LogP contribution in [0, 0.1) is 6.92 Å². The lowest BCUT2D eigenvalue weighted by Crippen LogP contribution is -2.26. The van der Waals surface area contributed by atoms with Crippen LogP contribution in [0.1, 0.15) is 22.3 Å². The Morgan fingerprint density at radius 1 is 0.706 bits per heavy atom. The lowest BCUT2D eigenvalue weighted by molar-refractivity contribution is -0.135. The summed E-state index contributed by atoms with van der Waals surface area (Å²) in [5.41, 5.74) is 5.76. The van der Waals surface area contributed by atoms with Crippen molar-refractivity contribution in [2.75, 3.05) is 0 Å². The Balaban J connectivity index is 1.53. The number of hydrogen-bond donors (Lipinski definition) is 2. The molecule has 0 saturated heterocycles. The molecule has 3 heterocycles. The zero-order chi connectivity index (χ0) is 23.2. The highest BCUT2D eigenvalue weighted by molar-refractivity contribution is 6.50. The standard InChI is InChI=1S/C28H20N4O2/c1-17-10-12-18(13-11-17)14-31-32-27(33)25(21-15-29-23-8-4-2-6-19(21)23)26(28(32)34)22-16-30-24-9-5-3-7-20(22)24/h2-16,29-30H,1H3/b31-14+. The van der Waals surface area contributed by atoms with Crippen LogP contribution in [0.5, 0.6) is 0 Å². The first-order valence-corrected chi connectivity index (χ1v) is 11.0. The van der Waals surface area contributed by atoms with Crippen LogP contribution in [-0.2, 0) is 9.59 Å². The zero-order valence-electron chi connectivity index (χ0n) is 18.4. The number of rotatable bonds is 4. The summed E-state index contributed by atoms with van der Waals surface area (Å²) >= 11 is 0. The van der Waals surface area contributed by atoms with Crippen molar-refractivity contribution in [2.45, 2.75) is 6.92 Å². The second kappa shape index (κ2) is 7.71. The number of carbonyl (C=O) groups excluding carboxylic acids is 2. The first-order chi connectivity index (χ1) is 16.6. The molecule has 0 radical (unpaired) electrons. The summed E-state index contributed by atoms with van der Waals surface area (Å²) in [4.78, 5) is 33.8. The summed E-state index contributed by atoms with van der Waals surface area (Å²) in [5.74, 6) is -0.892. The summed E-state index contributed by atoms with van der Waals surface area (Å²) in [7, 11) is 0. The van der Waals surface area contributed by atoms with Gasteiger partial charge in [-0.25, -0.2) is 0 Å². The number of aryl methyl sites for hydroxylation is 1. The van der Waals surface area contributed by atoms with Crippen LogP contribution in [0.25, 0.3) is 33.0 Å². The molecule has 0 atom stereocenters. The van der Waals surface area contributed by atoms with Gasteiger partial charge in [0.1, 0.15) is 0 Å². The summed E-state index contributed by atoms with van der Waals surface area (Å²) < 4.78 is 0. The predicted molar refractivity (Wildman–Crippen MR) is 134 cm³/mol. The average molecular weight is 444 g/mol. The van der Waals surface area contributed by atoms with E-state index in [-0.39, 0.29) is 0 Å². The van der Waals surface area contributed by atoms with E-state index < -0.39 is 11.8 Å². The molecule has 2 aromatic heterocycles. The maximum absolute atomic E-state index is 13.7. The van der Waals surface area contributed by atoms with E-state index in [0.29, 0.717) is 22.3 Å². The Morgan fingerprint density at radius 2 is 1.21 bits per heavy atom. The molecule has 6 rings (SSSR count). The van der Waals surface area contributed by atoms with E-state index in [1.807, 2.05) is 79.7 Å². The van der Waals surface area contributed by atoms with Crippen LogP contribution in [0.2, 0.25) is 0 Å². The van der Waals surface area contributed by atoms with Gasteiger partial charge in [-0.3, -0.25) is 9.59 Å². The van der Waals surface area contributed by atoms with Gasteiger partial charge < -0.3 is 9.97 Å². The van der Waals surface area contributed by atoms with E-state index in [4.69, 9.17) is 0 Å². The molecule has 0 fully saturated rings. The van der Waals surface area contributed by atoms with Gasteiger partial charge in [0, 0.05) is 45.3 Å². The fourth-order valence-electron chi connectivity index (χ4n) is 4.46. The number of para-hydroxylation sites is 2. The minimum Gasteiger partial charge on any atom is -0.361 e. The number of amides is 2. The summed E-state index contributed by atoms with van der Waals surface area (Å²) in [6, 6.07) is 23.2. The highest BCUT2D eigenvalue weighted by Gasteiger charge is 2.41. The van der Waals surface area contributed by atoms with E-state index in [2.05, 4.69) is 15.1 Å². The van der Waals surface area contributed by atoms with E-state index in [0.717, 1.165) is 37.9 Å². The number of aromatic amines is 2. The molecule has 34 heavy (non-hydrogen) atoms. The van der Waals surface area contributed by atoms with E-state index >= 15 is 0 Å². The van der Waals surface area contributed by atoms with Gasteiger partial charge in [0.05, 0.1) is 17.4 Å². The third-order valence-corrected chi connectivity index (χ3v) is 6.18. The van der Waals surface area contributed by atoms with Gasteiger partial charge in [-0.05, 0) is 24.6 Å². The van der Waals surface area contributed by atoms with Gasteiger partial charge in [-0.1, -0.05) is 66.2 Å². The van der Waals surface area contributed by atoms with Crippen LogP contribution in [0.15, 0.2) is 90.3 Å². The van der Waals surface area contributed by atoms with Crippen molar-refractivity contribution < 1.29 is 9.59 Å². The quantitative estimate of drug-likeness (QED) is 0.292. The molecule has 164 valence electrons. The van der Waals surface area contributed by atoms with Crippen LogP contribution in [0.4, 0.5) is 0 Å². The fraction of sp³-hybridized carbons (Fsp3) is 0.0357. The zero-order valence-corrected chi connectivity index (χ0v) is 18.4. The minimum absolute atomic E-state index is 0.341. The second-order valence-corrected chi connectivity index (χ2v) is 8.32. The number of nitrogens with one attached hydrogen (secondary N) is 2. The number of fused-ring (bicyclic) bond motifs is 2. The van der Waals surface area contributed by atoms with Crippen molar-refractivity contribution >= 4 is 51.0 Å². The molecule has 2 N–H and O–H groups in total. The molecule has 1 aliphatic rings. The van der Waals surface area contributed by atoms with Crippen LogP contribution in [0.3, 0.4) is 0 Å². The van der Waals surface area contributed by atoms with Crippen LogP contribution in [-0.4, -0.2) is 33.0 Å². The molecule has 6 heteroatoms. The largest absolute Gasteiger partial charge is 0.361 e. The number of aromatic nitrogens is 2. The average Bonchev–Trinajstić information content (AvgIpc) is 3.53. The molecular weight excluding hydrogens is 424 g/mol. The molecule has 0 aliphatic carbocycles. The molecule has 0 spiro atoms. The first-order valence-electron chi connectivity index (χ1n) is 11.0. The number of hydrazone groups is 1. The lowest BCUT2D eigenvalue weighted by Gasteiger charge is -2.08. The van der Waals surface area contributed by atoms with Gasteiger partial charge in [0.2, 0.25) is 0 Å². The molecule has 0 bridgehead atoms. The number of benzene rings is 3. The van der Waals surface area contributed by atoms with Crippen molar-refractivity contribution in [3.63, 3.8) is 0 Å². The topological polar surface area (TPSA) is 81.3 Å². The summed E-state index contributed by atoms with van der Waals surface area (Å²) in [6.07, 6.45) is 5.11. The highest BCUT2D eigenvalue weighted by atomic mass is 16.2. The number of carbonyl (C=O) groups is 2. The van der Waals surface area contributed by atoms with Gasteiger partial charge in [-0.2, -0.15) is 10.1 Å². The Morgan fingerprint density at radius 3 is 1.74 bits per heavy atom. The van der Waals surface area contributed by atoms with Crippen molar-refractivity contribution in [3.8, 4) is 0 Å². The Hall–Kier alpha value is -4.71. The summed E-state index contributed by atoms with van der Waals surface area (Å²) in [6.45, 7) is 2.00. The lowest BCUT2D eigenvalue weighted by atomic mass is 9.95. The van der Waals surface area contributed by atoms with Gasteiger partial charge in [0.25, 0.3) is 11.8 Å². The van der Waals surface area contributed by atoms with Crippen molar-refractivity contribution in [2.24, 2.45) is 5.10 Å². The van der Waals surface area contributed by atoms with E-state index in [9.17, 15) is 9.59 Å². The maximum atomic E-state index is 13.7. The molecule has 6 nitrogen and oxygen atoms in total. The summed E-state index contributed by atoms with van der Waals surface area (Å²) in [5, 5.41) is 7.03. The SMILES string of the molecule is Cc1ccc(/C=N/N2C(=O)C(c3c[nH]c4ccccc34)=C(c3c[nH]c4ccccc34)C2=O)cc1. The van der Waals surface area contributed by atoms with Crippen LogP contribution < -0.4 is 0 Å². The fourth-order valence-corrected chi connectivity index (χ4v) is 4.46. The molecule has 0 saturated carbocycles. The number of H-pyrrole nitrogens is 2. The van der Waals surface area contributed by atoms with E-state index in [1.165, 1.54) is 0 Å². The molecule has 5 aromatic rings. The van der Waals surface area contributed by atoms with Crippen LogP contribution >= 0.6 is 0 Å². The molecule has 2 amide bonds. The smallest absolute Gasteiger partial charge is 0.283 e. The molecule has 1 aliphatic heterocycles. The van der Waals surface area contributed by atoms with Crippen molar-refractivity contribution in [1.29, 1.82) is 0 Å². The van der Waals surface area contributed by atoms with E-state index in [1.54, 1.807) is 18.6 Å². The minimum atomic E-state index is -0.446. The predicted octanol–water partition coefficient (Wildman–Crippen LogP) is 5.27. The highest BCUT2D eigenvalue weighted by Crippen LogP contribution is 2.40. The van der Waals surface area contributed by atoms with Crippen molar-refractivity contribution in [3.05, 3.63) is 107 Å². The van der Waals surface area contributed by atoms with Gasteiger partial charge in [-0.15, -0.1) is 0 Å². The number of nitrogens with zero attached hydrogens (tertiary/aromatic N) is 2. The number of hydrogen-bond acceptors (Lipinski definition) is 3. The van der Waals surface area contributed by atoms with Crippen molar-refractivity contribution in [1.82, 2.24) is 15.0 Å².